The van der Waals surface area contributed by atoms with E-state index < -0.39 is 5.97 Å². The number of anilines is 2. The number of benzene rings is 2. The van der Waals surface area contributed by atoms with Crippen LogP contribution < -0.4 is 10.6 Å². The molecule has 0 bridgehead atoms. The first-order valence-corrected chi connectivity index (χ1v) is 11.0. The summed E-state index contributed by atoms with van der Waals surface area (Å²) in [6.45, 7) is -0.104. The first-order valence-electron chi connectivity index (χ1n) is 10.0. The number of rotatable bonds is 8. The summed E-state index contributed by atoms with van der Waals surface area (Å²) in [6.07, 6.45) is 0. The summed E-state index contributed by atoms with van der Waals surface area (Å²) in [5.74, 6) is 1.04. The lowest BCUT2D eigenvalue weighted by Crippen LogP contribution is -2.17. The number of nitrogens with two attached hydrogens (primary N) is 1. The Morgan fingerprint density at radius 2 is 1.70 bits per heavy atom. The van der Waals surface area contributed by atoms with Gasteiger partial charge in [0.25, 0.3) is 0 Å². The third-order valence-corrected chi connectivity index (χ3v) is 5.35. The SMILES string of the molecule is CN(C)c1nc(N)nc(COC(=O)CSc2nnc(-c3ccccc3)n2-c2ccccc2)n1. The van der Waals surface area contributed by atoms with Crippen molar-refractivity contribution in [3.63, 3.8) is 0 Å². The van der Waals surface area contributed by atoms with Gasteiger partial charge < -0.3 is 15.4 Å². The summed E-state index contributed by atoms with van der Waals surface area (Å²) in [4.78, 5) is 26.4. The molecule has 0 aliphatic heterocycles. The smallest absolute Gasteiger partial charge is 0.316 e. The molecule has 11 heteroatoms. The summed E-state index contributed by atoms with van der Waals surface area (Å²) < 4.78 is 7.25. The number of hydrogen-bond donors (Lipinski definition) is 1. The van der Waals surface area contributed by atoms with Crippen molar-refractivity contribution in [3.05, 3.63) is 66.5 Å². The van der Waals surface area contributed by atoms with Gasteiger partial charge in [-0.15, -0.1) is 10.2 Å². The highest BCUT2D eigenvalue weighted by atomic mass is 32.2. The molecule has 4 rings (SSSR count). The maximum Gasteiger partial charge on any atom is 0.316 e. The zero-order valence-electron chi connectivity index (χ0n) is 18.1. The predicted octanol–water partition coefficient (Wildman–Crippen LogP) is 2.60. The number of nitrogen functional groups attached to an aromatic ring is 1. The minimum atomic E-state index is -0.436. The fraction of sp³-hybridized carbons (Fsp3) is 0.182. The van der Waals surface area contributed by atoms with Crippen molar-refractivity contribution in [2.75, 3.05) is 30.5 Å². The Labute approximate surface area is 194 Å². The molecule has 0 spiro atoms. The third-order valence-electron chi connectivity index (χ3n) is 4.45. The van der Waals surface area contributed by atoms with Crippen molar-refractivity contribution in [2.45, 2.75) is 11.8 Å². The molecule has 0 aliphatic rings. The first kappa shape index (κ1) is 22.2. The minimum Gasteiger partial charge on any atom is -0.457 e. The van der Waals surface area contributed by atoms with Gasteiger partial charge in [0, 0.05) is 25.3 Å². The Morgan fingerprint density at radius 1 is 1.00 bits per heavy atom. The Hall–Kier alpha value is -3.99. The second-order valence-electron chi connectivity index (χ2n) is 7.10. The molecule has 0 fully saturated rings. The molecular weight excluding hydrogens is 440 g/mol. The number of hydrogen-bond acceptors (Lipinski definition) is 10. The molecule has 0 saturated carbocycles. The molecule has 2 N–H and O–H groups in total. The average molecular weight is 463 g/mol. The molecule has 2 heterocycles. The Bertz CT molecular complexity index is 1230. The van der Waals surface area contributed by atoms with E-state index >= 15 is 0 Å². The normalized spacial score (nSPS) is 10.7. The van der Waals surface area contributed by atoms with Gasteiger partial charge in [-0.1, -0.05) is 60.3 Å². The molecule has 0 atom stereocenters. The van der Waals surface area contributed by atoms with E-state index in [0.29, 0.717) is 16.9 Å². The number of thioether (sulfide) groups is 1. The van der Waals surface area contributed by atoms with Gasteiger partial charge in [-0.2, -0.15) is 15.0 Å². The van der Waals surface area contributed by atoms with E-state index in [1.807, 2.05) is 65.2 Å². The lowest BCUT2D eigenvalue weighted by Gasteiger charge is -2.12. The van der Waals surface area contributed by atoms with Crippen LogP contribution in [-0.2, 0) is 16.1 Å². The van der Waals surface area contributed by atoms with Crippen molar-refractivity contribution >= 4 is 29.6 Å². The van der Waals surface area contributed by atoms with Crippen molar-refractivity contribution in [1.29, 1.82) is 0 Å². The molecule has 0 amide bonds. The second kappa shape index (κ2) is 10.1. The van der Waals surface area contributed by atoms with Crippen LogP contribution in [0.2, 0.25) is 0 Å². The molecule has 0 unspecified atom stereocenters. The summed E-state index contributed by atoms with van der Waals surface area (Å²) in [5, 5.41) is 9.26. The Kier molecular flexibility index (Phi) is 6.79. The fourth-order valence-electron chi connectivity index (χ4n) is 2.95. The number of carbonyl (C=O) groups is 1. The van der Waals surface area contributed by atoms with Crippen LogP contribution in [0.5, 0.6) is 0 Å². The van der Waals surface area contributed by atoms with Gasteiger partial charge >= 0.3 is 5.97 Å². The number of nitrogens with zero attached hydrogens (tertiary/aromatic N) is 7. The molecule has 4 aromatic rings. The Morgan fingerprint density at radius 3 is 2.39 bits per heavy atom. The van der Waals surface area contributed by atoms with Gasteiger partial charge in [-0.25, -0.2) is 0 Å². The molecular formula is C22H22N8O2S. The lowest BCUT2D eigenvalue weighted by atomic mass is 10.2. The van der Waals surface area contributed by atoms with Gasteiger partial charge in [0.05, 0.1) is 5.75 Å². The number of para-hydroxylation sites is 1. The van der Waals surface area contributed by atoms with Crippen LogP contribution in [0.4, 0.5) is 11.9 Å². The van der Waals surface area contributed by atoms with E-state index in [1.165, 1.54) is 11.8 Å². The molecule has 0 aliphatic carbocycles. The monoisotopic (exact) mass is 462 g/mol. The third kappa shape index (κ3) is 5.44. The number of ether oxygens (including phenoxy) is 1. The van der Waals surface area contributed by atoms with Crippen molar-refractivity contribution < 1.29 is 9.53 Å². The molecule has 0 saturated heterocycles. The summed E-state index contributed by atoms with van der Waals surface area (Å²) in [6, 6.07) is 19.5. The van der Waals surface area contributed by atoms with Gasteiger partial charge in [-0.05, 0) is 12.1 Å². The van der Waals surface area contributed by atoms with Crippen molar-refractivity contribution in [2.24, 2.45) is 0 Å². The molecule has 10 nitrogen and oxygen atoms in total. The van der Waals surface area contributed by atoms with Crippen LogP contribution in [0, 0.1) is 0 Å². The van der Waals surface area contributed by atoms with E-state index in [1.54, 1.807) is 19.0 Å². The van der Waals surface area contributed by atoms with E-state index in [-0.39, 0.29) is 24.1 Å². The highest BCUT2D eigenvalue weighted by Crippen LogP contribution is 2.27. The quantitative estimate of drug-likeness (QED) is 0.308. The van der Waals surface area contributed by atoms with E-state index in [2.05, 4.69) is 25.1 Å². The van der Waals surface area contributed by atoms with E-state index in [0.717, 1.165) is 11.3 Å². The van der Waals surface area contributed by atoms with Crippen LogP contribution in [-0.4, -0.2) is 55.5 Å². The molecule has 168 valence electrons. The second-order valence-corrected chi connectivity index (χ2v) is 8.04. The van der Waals surface area contributed by atoms with Gasteiger partial charge in [0.2, 0.25) is 11.9 Å². The Balaban J connectivity index is 1.47. The summed E-state index contributed by atoms with van der Waals surface area (Å²) in [5.41, 5.74) is 7.53. The first-order chi connectivity index (χ1) is 16.0. The zero-order valence-corrected chi connectivity index (χ0v) is 18.9. The van der Waals surface area contributed by atoms with Gasteiger partial charge in [-0.3, -0.25) is 9.36 Å². The van der Waals surface area contributed by atoms with Gasteiger partial charge in [0.15, 0.2) is 23.4 Å². The van der Waals surface area contributed by atoms with Crippen LogP contribution in [0.15, 0.2) is 65.8 Å². The molecule has 0 radical (unpaired) electrons. The number of aromatic nitrogens is 6. The van der Waals surface area contributed by atoms with E-state index in [9.17, 15) is 4.79 Å². The highest BCUT2D eigenvalue weighted by Gasteiger charge is 2.18. The van der Waals surface area contributed by atoms with Gasteiger partial charge in [0.1, 0.15) is 0 Å². The largest absolute Gasteiger partial charge is 0.457 e. The standard InChI is InChI=1S/C22H22N8O2S/c1-29(2)21-25-17(24-20(23)26-21)13-32-18(31)14-33-22-28-27-19(15-9-5-3-6-10-15)30(22)16-11-7-4-8-12-16/h3-12H,13-14H2,1-2H3,(H2,23,24,25,26). The zero-order chi connectivity index (χ0) is 23.2. The maximum atomic E-state index is 12.4. The van der Waals surface area contributed by atoms with Crippen LogP contribution in [0.25, 0.3) is 17.1 Å². The summed E-state index contributed by atoms with van der Waals surface area (Å²) in [7, 11) is 3.57. The average Bonchev–Trinajstić information content (AvgIpc) is 3.26. The van der Waals surface area contributed by atoms with Crippen molar-refractivity contribution in [3.8, 4) is 17.1 Å². The van der Waals surface area contributed by atoms with Crippen LogP contribution in [0.1, 0.15) is 5.82 Å². The predicted molar refractivity (Wildman–Crippen MR) is 126 cm³/mol. The van der Waals surface area contributed by atoms with Crippen LogP contribution >= 0.6 is 11.8 Å². The van der Waals surface area contributed by atoms with Crippen molar-refractivity contribution in [1.82, 2.24) is 29.7 Å². The topological polar surface area (TPSA) is 125 Å². The minimum absolute atomic E-state index is 0.0425. The molecule has 2 aromatic carbocycles. The lowest BCUT2D eigenvalue weighted by molar-refractivity contribution is -0.141. The number of esters is 1. The summed E-state index contributed by atoms with van der Waals surface area (Å²) >= 11 is 1.24. The van der Waals surface area contributed by atoms with Crippen LogP contribution in [0.3, 0.4) is 0 Å². The van der Waals surface area contributed by atoms with E-state index in [4.69, 9.17) is 10.5 Å². The fourth-order valence-corrected chi connectivity index (χ4v) is 3.70. The number of carbonyl (C=O) groups excluding carboxylic acids is 1. The highest BCUT2D eigenvalue weighted by molar-refractivity contribution is 7.99. The molecule has 33 heavy (non-hydrogen) atoms. The molecule has 2 aromatic heterocycles. The maximum absolute atomic E-state index is 12.4.